The van der Waals surface area contributed by atoms with Gasteiger partial charge in [-0.05, 0) is 55.5 Å². The topological polar surface area (TPSA) is 90.3 Å². The van der Waals surface area contributed by atoms with E-state index in [9.17, 15) is 18.8 Å². The van der Waals surface area contributed by atoms with Crippen LogP contribution in [0.15, 0.2) is 59.4 Å². The Bertz CT molecular complexity index is 1110. The Kier molecular flexibility index (Phi) is 5.82. The van der Waals surface area contributed by atoms with E-state index in [1.807, 2.05) is 0 Å². The third-order valence-electron chi connectivity index (χ3n) is 4.13. The highest BCUT2D eigenvalue weighted by molar-refractivity contribution is 5.93. The van der Waals surface area contributed by atoms with Crippen LogP contribution in [0.4, 0.5) is 10.1 Å². The van der Waals surface area contributed by atoms with Crippen LogP contribution in [0.1, 0.15) is 16.1 Å². The number of benzene rings is 2. The molecule has 0 fully saturated rings. The van der Waals surface area contributed by atoms with E-state index in [2.05, 4.69) is 15.0 Å². The number of hydrogen-bond donors (Lipinski definition) is 1. The molecule has 0 aliphatic rings. The zero-order valence-electron chi connectivity index (χ0n) is 15.8. The Morgan fingerprint density at radius 2 is 1.76 bits per heavy atom. The standard InChI is InChI=1S/C21H18FN3O4/c1-13-11-19(27)25(20(23-13)14-3-7-16(22)8-4-14)12-18(26)24-17-9-5-15(6-10-17)21(28)29-2/h3-11H,12H2,1-2H3,(H,24,26). The number of halogens is 1. The summed E-state index contributed by atoms with van der Waals surface area (Å²) >= 11 is 0. The molecule has 3 rings (SSSR count). The molecule has 1 N–H and O–H groups in total. The molecule has 1 heterocycles. The quantitative estimate of drug-likeness (QED) is 0.671. The summed E-state index contributed by atoms with van der Waals surface area (Å²) in [6.07, 6.45) is 0. The van der Waals surface area contributed by atoms with Crippen molar-refractivity contribution < 1.29 is 18.7 Å². The minimum Gasteiger partial charge on any atom is -0.465 e. The fourth-order valence-corrected chi connectivity index (χ4v) is 2.74. The largest absolute Gasteiger partial charge is 0.465 e. The fraction of sp³-hybridized carbons (Fsp3) is 0.143. The molecule has 29 heavy (non-hydrogen) atoms. The maximum absolute atomic E-state index is 13.2. The van der Waals surface area contributed by atoms with Crippen molar-refractivity contribution in [3.63, 3.8) is 0 Å². The Morgan fingerprint density at radius 1 is 1.10 bits per heavy atom. The zero-order valence-corrected chi connectivity index (χ0v) is 15.8. The lowest BCUT2D eigenvalue weighted by atomic mass is 10.2. The van der Waals surface area contributed by atoms with Crippen LogP contribution >= 0.6 is 0 Å². The van der Waals surface area contributed by atoms with E-state index >= 15 is 0 Å². The Balaban J connectivity index is 1.84. The van der Waals surface area contributed by atoms with Crippen molar-refractivity contribution >= 4 is 17.6 Å². The first-order chi connectivity index (χ1) is 13.9. The highest BCUT2D eigenvalue weighted by atomic mass is 19.1. The molecule has 3 aromatic rings. The summed E-state index contributed by atoms with van der Waals surface area (Å²) in [5.74, 6) is -1.08. The smallest absolute Gasteiger partial charge is 0.337 e. The van der Waals surface area contributed by atoms with Gasteiger partial charge in [0.15, 0.2) is 0 Å². The number of nitrogens with one attached hydrogen (secondary N) is 1. The van der Waals surface area contributed by atoms with Gasteiger partial charge in [0.1, 0.15) is 18.2 Å². The molecule has 0 unspecified atom stereocenters. The maximum Gasteiger partial charge on any atom is 0.337 e. The van der Waals surface area contributed by atoms with Crippen LogP contribution < -0.4 is 10.9 Å². The molecule has 0 bridgehead atoms. The van der Waals surface area contributed by atoms with Gasteiger partial charge < -0.3 is 10.1 Å². The van der Waals surface area contributed by atoms with E-state index in [0.717, 1.165) is 0 Å². The number of ether oxygens (including phenoxy) is 1. The molecule has 1 aromatic heterocycles. The maximum atomic E-state index is 13.2. The summed E-state index contributed by atoms with van der Waals surface area (Å²) in [6.45, 7) is 1.39. The van der Waals surface area contributed by atoms with Crippen molar-refractivity contribution in [1.29, 1.82) is 0 Å². The molecule has 0 spiro atoms. The summed E-state index contributed by atoms with van der Waals surface area (Å²) < 4.78 is 19.1. The number of amides is 1. The third-order valence-corrected chi connectivity index (χ3v) is 4.13. The number of rotatable bonds is 5. The Hall–Kier alpha value is -3.81. The Morgan fingerprint density at radius 3 is 2.38 bits per heavy atom. The fourth-order valence-electron chi connectivity index (χ4n) is 2.74. The van der Waals surface area contributed by atoms with E-state index in [4.69, 9.17) is 0 Å². The molecule has 0 atom stereocenters. The van der Waals surface area contributed by atoms with E-state index in [1.165, 1.54) is 54.1 Å². The lowest BCUT2D eigenvalue weighted by Crippen LogP contribution is -2.29. The number of carbonyl (C=O) groups is 2. The first-order valence-electron chi connectivity index (χ1n) is 8.70. The van der Waals surface area contributed by atoms with Crippen LogP contribution in [0.2, 0.25) is 0 Å². The normalized spacial score (nSPS) is 10.4. The average Bonchev–Trinajstić information content (AvgIpc) is 2.70. The molecular formula is C21H18FN3O4. The highest BCUT2D eigenvalue weighted by Crippen LogP contribution is 2.17. The number of aryl methyl sites for hydroxylation is 1. The van der Waals surface area contributed by atoms with Gasteiger partial charge in [-0.3, -0.25) is 14.2 Å². The van der Waals surface area contributed by atoms with Crippen LogP contribution in [0.3, 0.4) is 0 Å². The molecule has 0 saturated heterocycles. The van der Waals surface area contributed by atoms with Crippen LogP contribution in [-0.2, 0) is 16.1 Å². The molecule has 0 radical (unpaired) electrons. The number of nitrogens with zero attached hydrogens (tertiary/aromatic N) is 2. The highest BCUT2D eigenvalue weighted by Gasteiger charge is 2.14. The molecule has 0 aliphatic carbocycles. The number of aromatic nitrogens is 2. The van der Waals surface area contributed by atoms with Gasteiger partial charge in [0.2, 0.25) is 5.91 Å². The lowest BCUT2D eigenvalue weighted by molar-refractivity contribution is -0.116. The van der Waals surface area contributed by atoms with Gasteiger partial charge in [0, 0.05) is 23.0 Å². The molecule has 7 nitrogen and oxygen atoms in total. The van der Waals surface area contributed by atoms with Crippen molar-refractivity contribution in [2.45, 2.75) is 13.5 Å². The zero-order chi connectivity index (χ0) is 21.0. The summed E-state index contributed by atoms with van der Waals surface area (Å²) in [5, 5.41) is 2.67. The lowest BCUT2D eigenvalue weighted by Gasteiger charge is -2.13. The molecule has 0 aliphatic heterocycles. The van der Waals surface area contributed by atoms with Crippen molar-refractivity contribution in [2.24, 2.45) is 0 Å². The van der Waals surface area contributed by atoms with E-state index in [-0.39, 0.29) is 12.4 Å². The Labute approximate surface area is 165 Å². The van der Waals surface area contributed by atoms with Gasteiger partial charge in [-0.2, -0.15) is 0 Å². The monoisotopic (exact) mass is 395 g/mol. The minimum absolute atomic E-state index is 0.270. The summed E-state index contributed by atoms with van der Waals surface area (Å²) in [7, 11) is 1.28. The van der Waals surface area contributed by atoms with E-state index in [0.29, 0.717) is 22.5 Å². The molecule has 1 amide bonds. The van der Waals surface area contributed by atoms with Gasteiger partial charge in [-0.1, -0.05) is 0 Å². The predicted octanol–water partition coefficient (Wildman–Crippen LogP) is 2.78. The number of carbonyl (C=O) groups excluding carboxylic acids is 2. The first-order valence-corrected chi connectivity index (χ1v) is 8.70. The first kappa shape index (κ1) is 19.9. The average molecular weight is 395 g/mol. The van der Waals surface area contributed by atoms with Crippen LogP contribution in [0.5, 0.6) is 0 Å². The van der Waals surface area contributed by atoms with Gasteiger partial charge in [-0.15, -0.1) is 0 Å². The summed E-state index contributed by atoms with van der Waals surface area (Å²) in [4.78, 5) is 40.8. The predicted molar refractivity (Wildman–Crippen MR) is 105 cm³/mol. The van der Waals surface area contributed by atoms with Crippen LogP contribution in [0.25, 0.3) is 11.4 Å². The van der Waals surface area contributed by atoms with E-state index in [1.54, 1.807) is 19.1 Å². The minimum atomic E-state index is -0.482. The summed E-state index contributed by atoms with van der Waals surface area (Å²) in [6, 6.07) is 13.0. The van der Waals surface area contributed by atoms with Crippen LogP contribution in [-0.4, -0.2) is 28.5 Å². The number of methoxy groups -OCH3 is 1. The molecular weight excluding hydrogens is 377 g/mol. The van der Waals surface area contributed by atoms with Crippen molar-refractivity contribution in [1.82, 2.24) is 9.55 Å². The third kappa shape index (κ3) is 4.73. The van der Waals surface area contributed by atoms with Crippen molar-refractivity contribution in [3.05, 3.63) is 82.0 Å². The second-order valence-corrected chi connectivity index (χ2v) is 6.27. The number of esters is 1. The second-order valence-electron chi connectivity index (χ2n) is 6.27. The molecule has 0 saturated carbocycles. The second kappa shape index (κ2) is 8.47. The molecule has 148 valence electrons. The SMILES string of the molecule is COC(=O)c1ccc(NC(=O)Cn2c(-c3ccc(F)cc3)nc(C)cc2=O)cc1. The van der Waals surface area contributed by atoms with Gasteiger partial charge in [0.05, 0.1) is 12.7 Å². The number of hydrogen-bond acceptors (Lipinski definition) is 5. The van der Waals surface area contributed by atoms with Crippen molar-refractivity contribution in [3.8, 4) is 11.4 Å². The number of anilines is 1. The molecule has 8 heteroatoms. The summed E-state index contributed by atoms with van der Waals surface area (Å²) in [5.41, 5.74) is 1.42. The van der Waals surface area contributed by atoms with E-state index < -0.39 is 23.3 Å². The van der Waals surface area contributed by atoms with Gasteiger partial charge >= 0.3 is 5.97 Å². The van der Waals surface area contributed by atoms with Crippen LogP contribution in [0, 0.1) is 12.7 Å². The molecule has 2 aromatic carbocycles. The van der Waals surface area contributed by atoms with Gasteiger partial charge in [0.25, 0.3) is 5.56 Å². The van der Waals surface area contributed by atoms with Crippen molar-refractivity contribution in [2.75, 3.05) is 12.4 Å². The van der Waals surface area contributed by atoms with Gasteiger partial charge in [-0.25, -0.2) is 14.2 Å².